The fourth-order valence-corrected chi connectivity index (χ4v) is 14.7. The topological polar surface area (TPSA) is 6.48 Å². The Bertz CT molecular complexity index is 3190. The van der Waals surface area contributed by atoms with E-state index in [4.69, 9.17) is 0 Å². The molecule has 0 unspecified atom stereocenters. The smallest absolute Gasteiger partial charge is 0.0726 e. The Balaban J connectivity index is 0.918. The molecule has 322 valence electrons. The van der Waals surface area contributed by atoms with E-state index in [2.05, 4.69) is 240 Å². The third-order valence-electron chi connectivity index (χ3n) is 16.9. The van der Waals surface area contributed by atoms with Crippen molar-refractivity contribution in [2.75, 3.05) is 9.80 Å². The van der Waals surface area contributed by atoms with Crippen LogP contribution in [0.1, 0.15) is 65.5 Å². The van der Waals surface area contributed by atoms with Crippen molar-refractivity contribution in [2.45, 2.75) is 42.9 Å². The molecule has 67 heavy (non-hydrogen) atoms. The van der Waals surface area contributed by atoms with Crippen molar-refractivity contribution in [1.29, 1.82) is 0 Å². The van der Waals surface area contributed by atoms with Gasteiger partial charge < -0.3 is 9.80 Å². The zero-order valence-corrected chi connectivity index (χ0v) is 37.7. The van der Waals surface area contributed by atoms with E-state index in [-0.39, 0.29) is 5.41 Å². The fourth-order valence-electron chi connectivity index (χ4n) is 14.7. The average molecular weight is 861 g/mol. The third-order valence-corrected chi connectivity index (χ3v) is 16.9. The van der Waals surface area contributed by atoms with Crippen molar-refractivity contribution in [1.82, 2.24) is 0 Å². The minimum absolute atomic E-state index is 0.0328. The van der Waals surface area contributed by atoms with Gasteiger partial charge in [-0.25, -0.2) is 0 Å². The zero-order valence-electron chi connectivity index (χ0n) is 37.7. The number of fused-ring (bicyclic) bond motifs is 10. The number of nitrogens with zero attached hydrogens (tertiary/aromatic N) is 2. The molecule has 4 bridgehead atoms. The van der Waals surface area contributed by atoms with Crippen LogP contribution >= 0.6 is 0 Å². The Hall–Kier alpha value is -7.42. The molecule has 9 aromatic carbocycles. The van der Waals surface area contributed by atoms with E-state index in [1.807, 2.05) is 0 Å². The summed E-state index contributed by atoms with van der Waals surface area (Å²) >= 11 is 0. The number of hydrogen-bond acceptors (Lipinski definition) is 2. The van der Waals surface area contributed by atoms with E-state index in [0.717, 1.165) is 17.5 Å². The van der Waals surface area contributed by atoms with E-state index >= 15 is 0 Å². The zero-order chi connectivity index (χ0) is 44.1. The van der Waals surface area contributed by atoms with Gasteiger partial charge in [-0.3, -0.25) is 0 Å². The highest BCUT2D eigenvalue weighted by Crippen LogP contribution is 2.67. The van der Waals surface area contributed by atoms with Gasteiger partial charge in [0.1, 0.15) is 0 Å². The lowest BCUT2D eigenvalue weighted by molar-refractivity contribution is -0.0418. The summed E-state index contributed by atoms with van der Waals surface area (Å²) in [7, 11) is 0. The van der Waals surface area contributed by atoms with E-state index in [1.165, 1.54) is 116 Å². The summed E-state index contributed by atoms with van der Waals surface area (Å²) in [6, 6.07) is 87.0. The Morgan fingerprint density at radius 1 is 0.299 bits per heavy atom. The van der Waals surface area contributed by atoms with Crippen LogP contribution in [0.15, 0.2) is 231 Å². The van der Waals surface area contributed by atoms with Crippen LogP contribution in [0.5, 0.6) is 0 Å². The van der Waals surface area contributed by atoms with Crippen molar-refractivity contribution in [3.05, 3.63) is 264 Å². The molecule has 0 heterocycles. The van der Waals surface area contributed by atoms with Crippen molar-refractivity contribution in [3.8, 4) is 22.3 Å². The summed E-state index contributed by atoms with van der Waals surface area (Å²) in [5.41, 5.74) is 20.4. The first-order valence-corrected chi connectivity index (χ1v) is 24.6. The average Bonchev–Trinajstić information content (AvgIpc) is 3.86. The molecule has 0 saturated heterocycles. The van der Waals surface area contributed by atoms with Gasteiger partial charge in [0.2, 0.25) is 0 Å². The highest BCUT2D eigenvalue weighted by molar-refractivity contribution is 6.01. The lowest BCUT2D eigenvalue weighted by Crippen LogP contribution is -2.56. The Morgan fingerprint density at radius 2 is 0.672 bits per heavy atom. The van der Waals surface area contributed by atoms with Gasteiger partial charge in [-0.05, 0) is 173 Å². The Kier molecular flexibility index (Phi) is 8.72. The number of anilines is 6. The summed E-state index contributed by atoms with van der Waals surface area (Å²) in [4.78, 5) is 4.93. The first kappa shape index (κ1) is 38.8. The Morgan fingerprint density at radius 3 is 1.16 bits per heavy atom. The van der Waals surface area contributed by atoms with Gasteiger partial charge in [0.05, 0.1) is 11.1 Å². The number of rotatable bonds is 8. The standard InChI is InChI=1S/C65H52N2/c1-4-17-50(18-5-1)66(51-19-6-2-7-20-51)53-35-31-46(32-36-53)64(48-40-44-39-45(42-48)43-49(64)41-44)47-33-37-54(38-34-47)67(52-21-8-3-9-22-52)62-30-16-29-61-63(62)57-25-12-15-28-60(57)65(61)58-26-13-10-23-55(58)56-24-11-14-27-59(56)65/h1-38,44-45,48-49H,39-43H2. The van der Waals surface area contributed by atoms with Crippen molar-refractivity contribution >= 4 is 34.1 Å². The molecule has 2 heteroatoms. The molecule has 6 aliphatic rings. The molecule has 0 aromatic heterocycles. The molecular formula is C65H52N2. The second-order valence-electron chi connectivity index (χ2n) is 20.0. The van der Waals surface area contributed by atoms with Crippen LogP contribution in [0.3, 0.4) is 0 Å². The third kappa shape index (κ3) is 5.56. The minimum Gasteiger partial charge on any atom is -0.311 e. The first-order chi connectivity index (χ1) is 33.2. The van der Waals surface area contributed by atoms with Crippen LogP contribution in [0, 0.1) is 23.7 Å². The highest BCUT2D eigenvalue weighted by Gasteiger charge is 2.59. The molecule has 6 aliphatic carbocycles. The second-order valence-corrected chi connectivity index (χ2v) is 20.0. The quantitative estimate of drug-likeness (QED) is 0.150. The van der Waals surface area contributed by atoms with Crippen LogP contribution < -0.4 is 9.80 Å². The number of para-hydroxylation sites is 3. The monoisotopic (exact) mass is 860 g/mol. The van der Waals surface area contributed by atoms with Gasteiger partial charge >= 0.3 is 0 Å². The van der Waals surface area contributed by atoms with E-state index < -0.39 is 5.41 Å². The molecule has 0 N–H and O–H groups in total. The molecule has 0 atom stereocenters. The van der Waals surface area contributed by atoms with Crippen molar-refractivity contribution in [2.24, 2.45) is 23.7 Å². The van der Waals surface area contributed by atoms with Crippen LogP contribution in [-0.4, -0.2) is 0 Å². The summed E-state index contributed by atoms with van der Waals surface area (Å²) in [5, 5.41) is 0. The Labute approximate surface area is 394 Å². The summed E-state index contributed by atoms with van der Waals surface area (Å²) in [6.45, 7) is 0. The van der Waals surface area contributed by atoms with Crippen LogP contribution in [0.2, 0.25) is 0 Å². The van der Waals surface area contributed by atoms with Crippen LogP contribution in [-0.2, 0) is 10.8 Å². The van der Waals surface area contributed by atoms with E-state index in [0.29, 0.717) is 11.8 Å². The molecular weight excluding hydrogens is 809 g/mol. The normalized spacial score (nSPS) is 21.9. The van der Waals surface area contributed by atoms with E-state index in [1.54, 1.807) is 0 Å². The molecule has 4 fully saturated rings. The van der Waals surface area contributed by atoms with Gasteiger partial charge in [0.15, 0.2) is 0 Å². The van der Waals surface area contributed by atoms with Gasteiger partial charge in [-0.1, -0.05) is 164 Å². The lowest BCUT2D eigenvalue weighted by atomic mass is 9.42. The second kappa shape index (κ2) is 15.1. The van der Waals surface area contributed by atoms with Gasteiger partial charge in [0, 0.05) is 39.4 Å². The van der Waals surface area contributed by atoms with Crippen molar-refractivity contribution < 1.29 is 0 Å². The SMILES string of the molecule is c1ccc(N(c2ccccc2)c2ccc(C3(c4ccc(N(c5ccccc5)c5cccc6c5-c5ccccc5C65c6ccccc6-c6ccccc65)cc4)C4CC5CC(C4)CC3C5)cc2)cc1. The summed E-state index contributed by atoms with van der Waals surface area (Å²) in [6.07, 6.45) is 6.75. The summed E-state index contributed by atoms with van der Waals surface area (Å²) < 4.78 is 0. The van der Waals surface area contributed by atoms with Gasteiger partial charge in [-0.15, -0.1) is 0 Å². The van der Waals surface area contributed by atoms with E-state index in [9.17, 15) is 0 Å². The number of benzene rings is 9. The molecule has 0 aliphatic heterocycles. The molecule has 0 amide bonds. The maximum atomic E-state index is 2.53. The highest BCUT2D eigenvalue weighted by atomic mass is 15.1. The predicted molar refractivity (Wildman–Crippen MR) is 276 cm³/mol. The lowest BCUT2D eigenvalue weighted by Gasteiger charge is -2.62. The molecule has 4 saturated carbocycles. The molecule has 1 spiro atoms. The predicted octanol–water partition coefficient (Wildman–Crippen LogP) is 16.7. The van der Waals surface area contributed by atoms with Crippen LogP contribution in [0.4, 0.5) is 34.1 Å². The number of hydrogen-bond donors (Lipinski definition) is 0. The maximum absolute atomic E-state index is 2.53. The fraction of sp³-hybridized carbons (Fsp3) is 0.169. The van der Waals surface area contributed by atoms with Crippen molar-refractivity contribution in [3.63, 3.8) is 0 Å². The molecule has 0 radical (unpaired) electrons. The molecule has 15 rings (SSSR count). The summed E-state index contributed by atoms with van der Waals surface area (Å²) in [5.74, 6) is 2.98. The first-order valence-electron chi connectivity index (χ1n) is 24.6. The minimum atomic E-state index is -0.401. The van der Waals surface area contributed by atoms with Gasteiger partial charge in [-0.2, -0.15) is 0 Å². The van der Waals surface area contributed by atoms with Gasteiger partial charge in [0.25, 0.3) is 0 Å². The van der Waals surface area contributed by atoms with Crippen LogP contribution in [0.25, 0.3) is 22.3 Å². The molecule has 2 nitrogen and oxygen atoms in total. The maximum Gasteiger partial charge on any atom is 0.0726 e. The molecule has 9 aromatic rings. The largest absolute Gasteiger partial charge is 0.311 e.